The summed E-state index contributed by atoms with van der Waals surface area (Å²) in [5.74, 6) is 1.14. The third-order valence-electron chi connectivity index (χ3n) is 3.46. The van der Waals surface area contributed by atoms with E-state index in [1.54, 1.807) is 12.1 Å². The maximum Gasteiger partial charge on any atom is 0.247 e. The van der Waals surface area contributed by atoms with Crippen molar-refractivity contribution in [3.05, 3.63) is 18.2 Å². The molecule has 1 aliphatic heterocycles. The summed E-state index contributed by atoms with van der Waals surface area (Å²) in [7, 11) is -0.637. The van der Waals surface area contributed by atoms with Crippen LogP contribution < -0.4 is 9.47 Å². The molecule has 0 N–H and O–H groups in total. The molecule has 0 amide bonds. The van der Waals surface area contributed by atoms with Crippen LogP contribution in [-0.4, -0.2) is 45.4 Å². The van der Waals surface area contributed by atoms with Gasteiger partial charge in [-0.25, -0.2) is 8.42 Å². The number of nitrogens with zero attached hydrogens (tertiary/aromatic N) is 1. The highest BCUT2D eigenvalue weighted by Gasteiger charge is 2.36. The minimum Gasteiger partial charge on any atom is -0.497 e. The lowest BCUT2D eigenvalue weighted by Crippen LogP contribution is -2.36. The topological polar surface area (TPSA) is 55.8 Å². The van der Waals surface area contributed by atoms with E-state index in [2.05, 4.69) is 0 Å². The lowest BCUT2D eigenvalue weighted by molar-refractivity contribution is 0.378. The maximum absolute atomic E-state index is 12.7. The average molecular weight is 320 g/mol. The number of rotatable bonds is 5. The predicted octanol–water partition coefficient (Wildman–Crippen LogP) is 2.10. The van der Waals surface area contributed by atoms with Crippen LogP contribution >= 0.6 is 11.6 Å². The summed E-state index contributed by atoms with van der Waals surface area (Å²) in [4.78, 5) is 0.151. The Morgan fingerprint density at radius 3 is 2.70 bits per heavy atom. The first-order chi connectivity index (χ1) is 9.54. The van der Waals surface area contributed by atoms with Crippen molar-refractivity contribution in [2.24, 2.45) is 0 Å². The molecule has 1 atom stereocenters. The smallest absolute Gasteiger partial charge is 0.247 e. The van der Waals surface area contributed by atoms with Gasteiger partial charge in [0.15, 0.2) is 0 Å². The second kappa shape index (κ2) is 6.20. The van der Waals surface area contributed by atoms with E-state index in [9.17, 15) is 8.42 Å². The molecule has 1 aliphatic rings. The Kier molecular flexibility index (Phi) is 4.78. The molecule has 0 radical (unpaired) electrons. The van der Waals surface area contributed by atoms with E-state index in [0.717, 1.165) is 12.8 Å². The highest BCUT2D eigenvalue weighted by molar-refractivity contribution is 7.89. The number of halogens is 1. The molecule has 1 aromatic rings. The molecular formula is C13H18ClNO4S. The normalized spacial score (nSPS) is 20.1. The number of benzene rings is 1. The molecule has 1 heterocycles. The molecule has 0 saturated carbocycles. The third kappa shape index (κ3) is 2.73. The minimum atomic E-state index is -3.60. The van der Waals surface area contributed by atoms with Gasteiger partial charge < -0.3 is 9.47 Å². The average Bonchev–Trinajstić information content (AvgIpc) is 2.95. The predicted molar refractivity (Wildman–Crippen MR) is 77.2 cm³/mol. The van der Waals surface area contributed by atoms with Gasteiger partial charge in [-0.05, 0) is 25.0 Å². The fourth-order valence-electron chi connectivity index (χ4n) is 2.39. The minimum absolute atomic E-state index is 0.145. The van der Waals surface area contributed by atoms with Crippen LogP contribution in [0.25, 0.3) is 0 Å². The van der Waals surface area contributed by atoms with Gasteiger partial charge in [-0.3, -0.25) is 0 Å². The van der Waals surface area contributed by atoms with Crippen molar-refractivity contribution >= 4 is 21.6 Å². The van der Waals surface area contributed by atoms with Gasteiger partial charge in [-0.2, -0.15) is 4.31 Å². The Morgan fingerprint density at radius 1 is 1.35 bits per heavy atom. The third-order valence-corrected chi connectivity index (χ3v) is 5.81. The van der Waals surface area contributed by atoms with Gasteiger partial charge in [0.2, 0.25) is 10.0 Å². The molecule has 112 valence electrons. The van der Waals surface area contributed by atoms with Gasteiger partial charge in [0.05, 0.1) is 14.2 Å². The lowest BCUT2D eigenvalue weighted by atomic mass is 10.3. The van der Waals surface area contributed by atoms with Gasteiger partial charge in [-0.1, -0.05) is 0 Å². The second-order valence-electron chi connectivity index (χ2n) is 4.58. The fraction of sp³-hybridized carbons (Fsp3) is 0.538. The molecule has 1 aromatic carbocycles. The molecule has 7 heteroatoms. The molecule has 0 spiro atoms. The number of hydrogen-bond acceptors (Lipinski definition) is 4. The van der Waals surface area contributed by atoms with Gasteiger partial charge in [-0.15, -0.1) is 11.6 Å². The number of ether oxygens (including phenoxy) is 2. The van der Waals surface area contributed by atoms with Crippen LogP contribution in [0.15, 0.2) is 23.1 Å². The fourth-order valence-corrected chi connectivity index (χ4v) is 4.63. The quantitative estimate of drug-likeness (QED) is 0.780. The van der Waals surface area contributed by atoms with Gasteiger partial charge >= 0.3 is 0 Å². The van der Waals surface area contributed by atoms with Crippen LogP contribution in [0.2, 0.25) is 0 Å². The first-order valence-electron chi connectivity index (χ1n) is 6.34. The van der Waals surface area contributed by atoms with E-state index in [1.165, 1.54) is 24.6 Å². The largest absolute Gasteiger partial charge is 0.497 e. The van der Waals surface area contributed by atoms with Crippen LogP contribution in [-0.2, 0) is 10.0 Å². The highest BCUT2D eigenvalue weighted by Crippen LogP contribution is 2.34. The van der Waals surface area contributed by atoms with E-state index < -0.39 is 10.0 Å². The van der Waals surface area contributed by atoms with Crippen LogP contribution in [0.5, 0.6) is 11.5 Å². The van der Waals surface area contributed by atoms with Crippen molar-refractivity contribution in [1.82, 2.24) is 4.31 Å². The summed E-state index contributed by atoms with van der Waals surface area (Å²) in [6.07, 6.45) is 1.62. The molecule has 0 aliphatic carbocycles. The zero-order chi connectivity index (χ0) is 14.8. The summed E-state index contributed by atoms with van der Waals surface area (Å²) in [5.41, 5.74) is 0. The van der Waals surface area contributed by atoms with Crippen LogP contribution in [0.4, 0.5) is 0 Å². The standard InChI is InChI=1S/C13H18ClNO4S/c1-18-11-5-6-13(12(8-11)19-2)20(16,17)15-7-3-4-10(15)9-14/h5-6,8,10H,3-4,7,9H2,1-2H3/t10-/m0/s1. The van der Waals surface area contributed by atoms with Crippen LogP contribution in [0.1, 0.15) is 12.8 Å². The Labute approximate surface area is 124 Å². The Morgan fingerprint density at radius 2 is 2.10 bits per heavy atom. The van der Waals surface area contributed by atoms with Gasteiger partial charge in [0.1, 0.15) is 16.4 Å². The van der Waals surface area contributed by atoms with E-state index in [-0.39, 0.29) is 16.7 Å². The van der Waals surface area contributed by atoms with Gasteiger partial charge in [0, 0.05) is 24.5 Å². The monoisotopic (exact) mass is 319 g/mol. The molecule has 5 nitrogen and oxygen atoms in total. The molecule has 20 heavy (non-hydrogen) atoms. The van der Waals surface area contributed by atoms with Gasteiger partial charge in [0.25, 0.3) is 0 Å². The molecule has 0 aromatic heterocycles. The van der Waals surface area contributed by atoms with Crippen molar-refractivity contribution in [3.8, 4) is 11.5 Å². The summed E-state index contributed by atoms with van der Waals surface area (Å²) < 4.78 is 37.2. The van der Waals surface area contributed by atoms with Crippen molar-refractivity contribution < 1.29 is 17.9 Å². The molecule has 0 bridgehead atoms. The Bertz CT molecular complexity index is 576. The Balaban J connectivity index is 2.43. The highest BCUT2D eigenvalue weighted by atomic mass is 35.5. The summed E-state index contributed by atoms with van der Waals surface area (Å²) in [5, 5.41) is 0. The molecule has 2 rings (SSSR count). The zero-order valence-electron chi connectivity index (χ0n) is 11.5. The molecule has 1 fully saturated rings. The molecule has 1 saturated heterocycles. The maximum atomic E-state index is 12.7. The zero-order valence-corrected chi connectivity index (χ0v) is 13.1. The number of alkyl halides is 1. The number of methoxy groups -OCH3 is 2. The molecule has 0 unspecified atom stereocenters. The van der Waals surface area contributed by atoms with Crippen molar-refractivity contribution in [3.63, 3.8) is 0 Å². The Hall–Kier alpha value is -0.980. The summed E-state index contributed by atoms with van der Waals surface area (Å²) in [6.45, 7) is 0.495. The summed E-state index contributed by atoms with van der Waals surface area (Å²) in [6, 6.07) is 4.55. The van der Waals surface area contributed by atoms with E-state index in [4.69, 9.17) is 21.1 Å². The van der Waals surface area contributed by atoms with Crippen molar-refractivity contribution in [2.75, 3.05) is 26.6 Å². The van der Waals surface area contributed by atoms with E-state index >= 15 is 0 Å². The van der Waals surface area contributed by atoms with Crippen molar-refractivity contribution in [1.29, 1.82) is 0 Å². The van der Waals surface area contributed by atoms with Crippen LogP contribution in [0.3, 0.4) is 0 Å². The first kappa shape index (κ1) is 15.4. The first-order valence-corrected chi connectivity index (χ1v) is 8.32. The number of hydrogen-bond donors (Lipinski definition) is 0. The van der Waals surface area contributed by atoms with E-state index in [1.807, 2.05) is 0 Å². The SMILES string of the molecule is COc1ccc(S(=O)(=O)N2CCC[C@H]2CCl)c(OC)c1. The lowest BCUT2D eigenvalue weighted by Gasteiger charge is -2.23. The summed E-state index contributed by atoms with van der Waals surface area (Å²) >= 11 is 5.86. The van der Waals surface area contributed by atoms with Crippen LogP contribution in [0, 0.1) is 0 Å². The second-order valence-corrected chi connectivity index (χ2v) is 6.75. The van der Waals surface area contributed by atoms with Crippen molar-refractivity contribution in [2.45, 2.75) is 23.8 Å². The number of sulfonamides is 1. The molecular weight excluding hydrogens is 302 g/mol. The van der Waals surface area contributed by atoms with E-state index in [0.29, 0.717) is 18.2 Å².